The Morgan fingerprint density at radius 3 is 2.18 bits per heavy atom. The maximum atomic E-state index is 13.7. The van der Waals surface area contributed by atoms with Gasteiger partial charge in [0.1, 0.15) is 11.5 Å². The lowest BCUT2D eigenvalue weighted by Gasteiger charge is -2.35. The van der Waals surface area contributed by atoms with Crippen LogP contribution in [-0.4, -0.2) is 67.2 Å². The summed E-state index contributed by atoms with van der Waals surface area (Å²) < 4.78 is 13.5. The zero-order valence-corrected chi connectivity index (χ0v) is 22.6. The smallest absolute Gasteiger partial charge is 0.223 e. The molecule has 0 aliphatic carbocycles. The first-order valence-electron chi connectivity index (χ1n) is 13.4. The molecular weight excluding hydrogens is 474 g/mol. The van der Waals surface area contributed by atoms with Gasteiger partial charge in [-0.3, -0.25) is 4.79 Å². The number of nitrogens with zero attached hydrogens (tertiary/aromatic N) is 3. The third-order valence-corrected chi connectivity index (χ3v) is 7.72. The summed E-state index contributed by atoms with van der Waals surface area (Å²) >= 11 is 0. The van der Waals surface area contributed by atoms with E-state index in [0.717, 1.165) is 67.4 Å². The van der Waals surface area contributed by atoms with Crippen molar-refractivity contribution in [3.8, 4) is 11.5 Å². The first-order chi connectivity index (χ1) is 18.6. The minimum atomic E-state index is -0.141. The molecule has 3 aromatic carbocycles. The Hall–Kier alpha value is -3.77. The number of para-hydroxylation sites is 1. The molecule has 1 aliphatic heterocycles. The van der Waals surface area contributed by atoms with Crippen LogP contribution in [0.3, 0.4) is 0 Å². The molecule has 0 spiro atoms. The Balaban J connectivity index is 1.56. The van der Waals surface area contributed by atoms with Crippen LogP contribution in [0.5, 0.6) is 11.5 Å². The Bertz CT molecular complexity index is 1350. The van der Waals surface area contributed by atoms with Crippen molar-refractivity contribution in [3.63, 3.8) is 0 Å². The number of hydrogen-bond acceptors (Lipinski definition) is 4. The Morgan fingerprint density at radius 1 is 0.868 bits per heavy atom. The van der Waals surface area contributed by atoms with Crippen LogP contribution in [0.2, 0.25) is 0 Å². The molecule has 1 aromatic heterocycles. The molecule has 6 heteroatoms. The lowest BCUT2D eigenvalue weighted by Crippen LogP contribution is -2.48. The largest absolute Gasteiger partial charge is 0.497 e. The minimum Gasteiger partial charge on any atom is -0.497 e. The quantitative estimate of drug-likeness (QED) is 0.302. The fraction of sp³-hybridized carbons (Fsp3) is 0.344. The number of benzene rings is 3. The zero-order valence-electron chi connectivity index (χ0n) is 22.6. The van der Waals surface area contributed by atoms with E-state index in [-0.39, 0.29) is 11.8 Å². The molecule has 198 valence electrons. The van der Waals surface area contributed by atoms with Crippen molar-refractivity contribution < 1.29 is 14.3 Å². The first-order valence-corrected chi connectivity index (χ1v) is 13.4. The van der Waals surface area contributed by atoms with Crippen LogP contribution in [0.15, 0.2) is 79.0 Å². The molecule has 4 aromatic rings. The maximum Gasteiger partial charge on any atom is 0.223 e. The van der Waals surface area contributed by atoms with E-state index in [4.69, 9.17) is 9.47 Å². The summed E-state index contributed by atoms with van der Waals surface area (Å²) in [5, 5.41) is 1.17. The number of carbonyl (C=O) groups is 1. The van der Waals surface area contributed by atoms with Gasteiger partial charge in [0.2, 0.25) is 5.91 Å². The van der Waals surface area contributed by atoms with E-state index in [0.29, 0.717) is 6.42 Å². The molecule has 0 bridgehead atoms. The van der Waals surface area contributed by atoms with Crippen LogP contribution in [0, 0.1) is 0 Å². The maximum absolute atomic E-state index is 13.7. The van der Waals surface area contributed by atoms with Gasteiger partial charge >= 0.3 is 0 Å². The highest BCUT2D eigenvalue weighted by molar-refractivity contribution is 5.87. The predicted octanol–water partition coefficient (Wildman–Crippen LogP) is 5.39. The van der Waals surface area contributed by atoms with Gasteiger partial charge in [-0.15, -0.1) is 0 Å². The molecule has 1 amide bonds. The fourth-order valence-electron chi connectivity index (χ4n) is 5.52. The van der Waals surface area contributed by atoms with Gasteiger partial charge in [0.05, 0.1) is 14.2 Å². The van der Waals surface area contributed by atoms with E-state index < -0.39 is 0 Å². The number of aromatic nitrogens is 1. The summed E-state index contributed by atoms with van der Waals surface area (Å²) in [6, 6.07) is 24.9. The van der Waals surface area contributed by atoms with E-state index >= 15 is 0 Å². The van der Waals surface area contributed by atoms with Gasteiger partial charge in [0.25, 0.3) is 0 Å². The van der Waals surface area contributed by atoms with Gasteiger partial charge in [-0.25, -0.2) is 0 Å². The summed E-state index contributed by atoms with van der Waals surface area (Å²) in [6.45, 7) is 7.37. The summed E-state index contributed by atoms with van der Waals surface area (Å²) in [7, 11) is 3.33. The second-order valence-electron chi connectivity index (χ2n) is 9.93. The summed E-state index contributed by atoms with van der Waals surface area (Å²) in [5.41, 5.74) is 4.57. The normalized spacial score (nSPS) is 15.0. The number of methoxy groups -OCH3 is 2. The van der Waals surface area contributed by atoms with Crippen molar-refractivity contribution in [2.24, 2.45) is 0 Å². The molecule has 0 N–H and O–H groups in total. The zero-order chi connectivity index (χ0) is 26.5. The summed E-state index contributed by atoms with van der Waals surface area (Å²) in [5.74, 6) is 1.49. The number of carbonyl (C=O) groups excluding carboxylic acids is 1. The number of fused-ring (bicyclic) bond motifs is 1. The highest BCUT2D eigenvalue weighted by Gasteiger charge is 2.28. The second kappa shape index (κ2) is 11.7. The lowest BCUT2D eigenvalue weighted by atomic mass is 9.87. The van der Waals surface area contributed by atoms with Crippen molar-refractivity contribution in [1.82, 2.24) is 14.4 Å². The fourth-order valence-corrected chi connectivity index (χ4v) is 5.52. The minimum absolute atomic E-state index is 0.141. The molecule has 1 aliphatic rings. The van der Waals surface area contributed by atoms with Crippen LogP contribution in [-0.2, 0) is 11.3 Å². The van der Waals surface area contributed by atoms with E-state index in [9.17, 15) is 4.79 Å². The topological polar surface area (TPSA) is 46.9 Å². The van der Waals surface area contributed by atoms with Gasteiger partial charge in [-0.1, -0.05) is 55.5 Å². The number of ether oxygens (including phenoxy) is 2. The van der Waals surface area contributed by atoms with Crippen LogP contribution < -0.4 is 9.47 Å². The standard InChI is InChI=1S/C32H37N3O3/c1-4-33-14-16-34(17-15-33)32(36)21-29(25-18-26(37-2)20-27(19-25)38-3)30-23-35(22-24-10-6-5-7-11-24)31-13-9-8-12-28(30)31/h5-13,18-20,23,29H,4,14-17,21-22H2,1-3H3/t29-/m0/s1. The molecule has 0 unspecified atom stereocenters. The lowest BCUT2D eigenvalue weighted by molar-refractivity contribution is -0.133. The highest BCUT2D eigenvalue weighted by atomic mass is 16.5. The molecule has 2 heterocycles. The van der Waals surface area contributed by atoms with Crippen molar-refractivity contribution in [3.05, 3.63) is 95.7 Å². The average molecular weight is 512 g/mol. The summed E-state index contributed by atoms with van der Waals surface area (Å²) in [4.78, 5) is 18.2. The first kappa shape index (κ1) is 25.9. The number of rotatable bonds is 9. The molecule has 0 radical (unpaired) electrons. The van der Waals surface area contributed by atoms with Gasteiger partial charge in [0, 0.05) is 68.2 Å². The Labute approximate surface area is 225 Å². The van der Waals surface area contributed by atoms with Gasteiger partial charge in [-0.2, -0.15) is 0 Å². The number of hydrogen-bond donors (Lipinski definition) is 0. The SMILES string of the molecule is CCN1CCN(C(=O)C[C@@H](c2cc(OC)cc(OC)c2)c2cn(Cc3ccccc3)c3ccccc23)CC1. The number of likely N-dealkylation sites (N-methyl/N-ethyl adjacent to an activating group) is 1. The van der Waals surface area contributed by atoms with Crippen LogP contribution >= 0.6 is 0 Å². The third-order valence-electron chi connectivity index (χ3n) is 7.72. The monoisotopic (exact) mass is 511 g/mol. The molecule has 0 saturated carbocycles. The van der Waals surface area contributed by atoms with Gasteiger partial charge in [0.15, 0.2) is 0 Å². The third kappa shape index (κ3) is 5.55. The number of amides is 1. The Kier molecular flexibility index (Phi) is 7.99. The molecular formula is C32H37N3O3. The average Bonchev–Trinajstić information content (AvgIpc) is 3.33. The Morgan fingerprint density at radius 2 is 1.53 bits per heavy atom. The molecule has 1 fully saturated rings. The second-order valence-corrected chi connectivity index (χ2v) is 9.93. The molecule has 5 rings (SSSR count). The predicted molar refractivity (Wildman–Crippen MR) is 152 cm³/mol. The van der Waals surface area contributed by atoms with Crippen molar-refractivity contribution in [2.75, 3.05) is 46.9 Å². The van der Waals surface area contributed by atoms with Gasteiger partial charge < -0.3 is 23.8 Å². The van der Waals surface area contributed by atoms with Crippen molar-refractivity contribution >= 4 is 16.8 Å². The van der Waals surface area contributed by atoms with E-state index in [1.54, 1.807) is 14.2 Å². The molecule has 1 atom stereocenters. The van der Waals surface area contributed by atoms with Crippen LogP contribution in [0.1, 0.15) is 36.0 Å². The van der Waals surface area contributed by atoms with E-state index in [1.165, 1.54) is 10.9 Å². The van der Waals surface area contributed by atoms with E-state index in [1.807, 2.05) is 29.2 Å². The van der Waals surface area contributed by atoms with Crippen LogP contribution in [0.25, 0.3) is 10.9 Å². The number of piperazine rings is 1. The molecule has 38 heavy (non-hydrogen) atoms. The van der Waals surface area contributed by atoms with Crippen molar-refractivity contribution in [2.45, 2.75) is 25.8 Å². The molecule has 1 saturated heterocycles. The summed E-state index contributed by atoms with van der Waals surface area (Å²) in [6.07, 6.45) is 2.62. The highest BCUT2D eigenvalue weighted by Crippen LogP contribution is 2.38. The molecule has 6 nitrogen and oxygen atoms in total. The van der Waals surface area contributed by atoms with Crippen molar-refractivity contribution in [1.29, 1.82) is 0 Å². The van der Waals surface area contributed by atoms with Crippen LogP contribution in [0.4, 0.5) is 0 Å². The van der Waals surface area contributed by atoms with Gasteiger partial charge in [-0.05, 0) is 41.4 Å². The van der Waals surface area contributed by atoms with E-state index in [2.05, 4.69) is 71.1 Å².